The van der Waals surface area contributed by atoms with Crippen molar-refractivity contribution in [1.29, 1.82) is 0 Å². The fraction of sp³-hybridized carbons (Fsp3) is 0.278. The van der Waals surface area contributed by atoms with Crippen LogP contribution in [-0.4, -0.2) is 18.1 Å². The molecular weight excluding hydrogens is 371 g/mol. The average Bonchev–Trinajstić information content (AvgIpc) is 2.62. The molecule has 2 rings (SSSR count). The van der Waals surface area contributed by atoms with E-state index in [1.165, 1.54) is 31.2 Å². The molecule has 2 aromatic rings. The Morgan fingerprint density at radius 2 is 1.52 bits per heavy atom. The van der Waals surface area contributed by atoms with Gasteiger partial charge in [0.1, 0.15) is 23.2 Å². The van der Waals surface area contributed by atoms with Crippen LogP contribution < -0.4 is 14.1 Å². The topological polar surface area (TPSA) is 103 Å². The third-order valence-electron chi connectivity index (χ3n) is 3.19. The van der Waals surface area contributed by atoms with Gasteiger partial charge in [-0.1, -0.05) is 18.2 Å². The number of nitrogens with zero attached hydrogens (tertiary/aromatic N) is 1. The van der Waals surface area contributed by atoms with Crippen LogP contribution in [-0.2, 0) is 14.1 Å². The molecule has 0 bridgehead atoms. The van der Waals surface area contributed by atoms with Gasteiger partial charge in [0.05, 0.1) is 6.10 Å². The molecular formula is C18H21N2O6P. The second-order valence-corrected chi connectivity index (χ2v) is 7.53. The zero-order valence-corrected chi connectivity index (χ0v) is 16.1. The van der Waals surface area contributed by atoms with E-state index in [4.69, 9.17) is 13.8 Å². The Labute approximate surface area is 157 Å². The standard InChI is InChI=1S/C18H21N2O6P/c1-13(2)24-18(21)14(3)20-27(23,25-16-7-5-4-6-8-16)26-17-11-9-15(19-22)10-12-17/h4-14H,1-3H3,(H,20,23)/t14-,27?/m0/s1. The molecule has 0 saturated heterocycles. The van der Waals surface area contributed by atoms with Crippen molar-refractivity contribution in [2.75, 3.05) is 0 Å². The molecule has 0 aromatic heterocycles. The summed E-state index contributed by atoms with van der Waals surface area (Å²) in [4.78, 5) is 22.6. The van der Waals surface area contributed by atoms with Crippen LogP contribution >= 0.6 is 7.75 Å². The molecule has 1 N–H and O–H groups in total. The Kier molecular flexibility index (Phi) is 7.10. The fourth-order valence-electron chi connectivity index (χ4n) is 2.02. The summed E-state index contributed by atoms with van der Waals surface area (Å²) in [6.45, 7) is 4.92. The van der Waals surface area contributed by atoms with Gasteiger partial charge in [-0.2, -0.15) is 5.09 Å². The smallest absolute Gasteiger partial charge is 0.462 e. The molecule has 0 saturated carbocycles. The van der Waals surface area contributed by atoms with Crippen LogP contribution in [0, 0.1) is 4.91 Å². The molecule has 0 aliphatic carbocycles. The molecule has 0 fully saturated rings. The minimum Gasteiger partial charge on any atom is -0.462 e. The number of rotatable bonds is 9. The van der Waals surface area contributed by atoms with E-state index in [0.717, 1.165) is 0 Å². The minimum atomic E-state index is -4.00. The maximum atomic E-state index is 13.3. The zero-order valence-electron chi connectivity index (χ0n) is 15.2. The Balaban J connectivity index is 2.22. The van der Waals surface area contributed by atoms with Gasteiger partial charge in [0.15, 0.2) is 0 Å². The number of nitrogens with one attached hydrogen (secondary N) is 1. The largest absolute Gasteiger partial charge is 0.513 e. The van der Waals surface area contributed by atoms with Crippen LogP contribution in [0.1, 0.15) is 20.8 Å². The van der Waals surface area contributed by atoms with E-state index in [1.54, 1.807) is 44.2 Å². The van der Waals surface area contributed by atoms with Crippen molar-refractivity contribution in [2.24, 2.45) is 5.18 Å². The Morgan fingerprint density at radius 1 is 0.963 bits per heavy atom. The molecule has 0 radical (unpaired) electrons. The summed E-state index contributed by atoms with van der Waals surface area (Å²) in [7, 11) is -4.00. The van der Waals surface area contributed by atoms with Gasteiger partial charge < -0.3 is 13.8 Å². The van der Waals surface area contributed by atoms with E-state index in [-0.39, 0.29) is 17.5 Å². The molecule has 0 aliphatic rings. The summed E-state index contributed by atoms with van der Waals surface area (Å²) in [6.07, 6.45) is -0.319. The van der Waals surface area contributed by atoms with E-state index >= 15 is 0 Å². The summed E-state index contributed by atoms with van der Waals surface area (Å²) in [5, 5.41) is 5.37. The summed E-state index contributed by atoms with van der Waals surface area (Å²) in [5.41, 5.74) is 0.197. The first-order valence-electron chi connectivity index (χ1n) is 8.27. The molecule has 0 amide bonds. The predicted octanol–water partition coefficient (Wildman–Crippen LogP) is 4.58. The SMILES string of the molecule is CC(C)OC(=O)[C@H](C)NP(=O)(Oc1ccccc1)Oc1ccc(N=O)cc1. The van der Waals surface area contributed by atoms with Crippen molar-refractivity contribution in [1.82, 2.24) is 5.09 Å². The Bertz CT molecular complexity index is 810. The number of hydrogen-bond acceptors (Lipinski definition) is 7. The predicted molar refractivity (Wildman–Crippen MR) is 101 cm³/mol. The lowest BCUT2D eigenvalue weighted by molar-refractivity contribution is -0.149. The zero-order chi connectivity index (χ0) is 19.9. The van der Waals surface area contributed by atoms with E-state index in [2.05, 4.69) is 10.3 Å². The molecule has 27 heavy (non-hydrogen) atoms. The average molecular weight is 392 g/mol. The van der Waals surface area contributed by atoms with E-state index in [1.807, 2.05) is 0 Å². The van der Waals surface area contributed by atoms with Crippen molar-refractivity contribution in [3.05, 3.63) is 59.5 Å². The lowest BCUT2D eigenvalue weighted by Crippen LogP contribution is -2.36. The van der Waals surface area contributed by atoms with Crippen molar-refractivity contribution in [2.45, 2.75) is 32.9 Å². The van der Waals surface area contributed by atoms with Gasteiger partial charge in [0, 0.05) is 0 Å². The summed E-state index contributed by atoms with van der Waals surface area (Å²) < 4.78 is 29.4. The van der Waals surface area contributed by atoms with Crippen molar-refractivity contribution in [3.8, 4) is 11.5 Å². The molecule has 0 aliphatic heterocycles. The van der Waals surface area contributed by atoms with Gasteiger partial charge in [-0.3, -0.25) is 4.79 Å². The monoisotopic (exact) mass is 392 g/mol. The van der Waals surface area contributed by atoms with Gasteiger partial charge in [0.2, 0.25) is 0 Å². The summed E-state index contributed by atoms with van der Waals surface area (Å²) in [5.74, 6) is -0.117. The maximum absolute atomic E-state index is 13.3. The maximum Gasteiger partial charge on any atom is 0.513 e. The van der Waals surface area contributed by atoms with E-state index in [9.17, 15) is 14.3 Å². The van der Waals surface area contributed by atoms with Crippen LogP contribution in [0.25, 0.3) is 0 Å². The number of ether oxygens (including phenoxy) is 1. The van der Waals surface area contributed by atoms with Crippen LogP contribution in [0.4, 0.5) is 5.69 Å². The molecule has 2 aromatic carbocycles. The number of carbonyl (C=O) groups is 1. The minimum absolute atomic E-state index is 0.179. The van der Waals surface area contributed by atoms with Gasteiger partial charge >= 0.3 is 13.7 Å². The Hall–Kier alpha value is -2.70. The fourth-order valence-corrected chi connectivity index (χ4v) is 3.54. The third kappa shape index (κ3) is 6.51. The summed E-state index contributed by atoms with van der Waals surface area (Å²) >= 11 is 0. The third-order valence-corrected chi connectivity index (χ3v) is 4.80. The van der Waals surface area contributed by atoms with Crippen LogP contribution in [0.3, 0.4) is 0 Å². The van der Waals surface area contributed by atoms with Gasteiger partial charge in [-0.25, -0.2) is 4.57 Å². The highest BCUT2D eigenvalue weighted by atomic mass is 31.2. The molecule has 0 spiro atoms. The lowest BCUT2D eigenvalue weighted by atomic mass is 10.3. The molecule has 2 atom stereocenters. The second-order valence-electron chi connectivity index (χ2n) is 5.91. The van der Waals surface area contributed by atoms with Crippen molar-refractivity contribution >= 4 is 19.4 Å². The molecule has 0 heterocycles. The van der Waals surface area contributed by atoms with Crippen molar-refractivity contribution < 1.29 is 23.1 Å². The van der Waals surface area contributed by atoms with E-state index in [0.29, 0.717) is 5.75 Å². The van der Waals surface area contributed by atoms with Crippen LogP contribution in [0.2, 0.25) is 0 Å². The highest BCUT2D eigenvalue weighted by Gasteiger charge is 2.34. The molecule has 1 unspecified atom stereocenters. The van der Waals surface area contributed by atoms with Crippen LogP contribution in [0.5, 0.6) is 11.5 Å². The summed E-state index contributed by atoms with van der Waals surface area (Å²) in [6, 6.07) is 13.1. The molecule has 8 nitrogen and oxygen atoms in total. The first-order chi connectivity index (χ1) is 12.8. The van der Waals surface area contributed by atoms with Gasteiger partial charge in [0.25, 0.3) is 0 Å². The van der Waals surface area contributed by atoms with Gasteiger partial charge in [-0.15, -0.1) is 4.91 Å². The number of hydrogen-bond donors (Lipinski definition) is 1. The molecule has 144 valence electrons. The normalized spacial score (nSPS) is 14.1. The lowest BCUT2D eigenvalue weighted by Gasteiger charge is -2.23. The quantitative estimate of drug-likeness (QED) is 0.378. The number of benzene rings is 2. The first-order valence-corrected chi connectivity index (χ1v) is 9.81. The Morgan fingerprint density at radius 3 is 2.04 bits per heavy atom. The van der Waals surface area contributed by atoms with E-state index < -0.39 is 19.8 Å². The number of carbonyl (C=O) groups excluding carboxylic acids is 1. The number of nitroso groups, excluding NO2 is 1. The number of esters is 1. The van der Waals surface area contributed by atoms with Crippen LogP contribution in [0.15, 0.2) is 59.8 Å². The second kappa shape index (κ2) is 9.30. The highest BCUT2D eigenvalue weighted by molar-refractivity contribution is 7.52. The van der Waals surface area contributed by atoms with Gasteiger partial charge in [-0.05, 0) is 62.3 Å². The number of para-hydroxylation sites is 1. The highest BCUT2D eigenvalue weighted by Crippen LogP contribution is 2.45. The molecule has 9 heteroatoms. The van der Waals surface area contributed by atoms with Crippen molar-refractivity contribution in [3.63, 3.8) is 0 Å². The first kappa shape index (κ1) is 20.6.